The van der Waals surface area contributed by atoms with Crippen molar-refractivity contribution in [2.45, 2.75) is 12.3 Å². The molecule has 114 valence electrons. The molecule has 0 saturated heterocycles. The Morgan fingerprint density at radius 1 is 1.09 bits per heavy atom. The van der Waals surface area contributed by atoms with Crippen LogP contribution in [0.3, 0.4) is 0 Å². The molecule has 22 heavy (non-hydrogen) atoms. The Morgan fingerprint density at radius 3 is 2.64 bits per heavy atom. The molecule has 0 radical (unpaired) electrons. The standard InChI is InChI=1S/C19H22N2O/c1-20-12-10-15(14-6-4-3-5-7-14)19-16-11-13-21-17(16)8-9-18(19)22-2/h3-9,11,13,15,20-21H,10,12H2,1-2H3. The summed E-state index contributed by atoms with van der Waals surface area (Å²) in [5.74, 6) is 1.26. The van der Waals surface area contributed by atoms with Gasteiger partial charge in [0.1, 0.15) is 5.75 Å². The van der Waals surface area contributed by atoms with Crippen LogP contribution in [-0.4, -0.2) is 25.7 Å². The molecule has 0 aliphatic heterocycles. The fourth-order valence-corrected chi connectivity index (χ4v) is 3.13. The second-order valence-corrected chi connectivity index (χ2v) is 5.48. The van der Waals surface area contributed by atoms with E-state index in [9.17, 15) is 0 Å². The second-order valence-electron chi connectivity index (χ2n) is 5.48. The van der Waals surface area contributed by atoms with Gasteiger partial charge >= 0.3 is 0 Å². The van der Waals surface area contributed by atoms with Gasteiger partial charge < -0.3 is 15.0 Å². The highest BCUT2D eigenvalue weighted by atomic mass is 16.5. The zero-order valence-corrected chi connectivity index (χ0v) is 13.1. The number of nitrogens with one attached hydrogen (secondary N) is 2. The van der Waals surface area contributed by atoms with Gasteiger partial charge in [0.05, 0.1) is 7.11 Å². The Bertz CT molecular complexity index is 734. The molecule has 1 unspecified atom stereocenters. The highest BCUT2D eigenvalue weighted by molar-refractivity contribution is 5.86. The molecule has 0 spiro atoms. The third-order valence-corrected chi connectivity index (χ3v) is 4.19. The fourth-order valence-electron chi connectivity index (χ4n) is 3.13. The molecule has 1 aromatic heterocycles. The molecule has 3 nitrogen and oxygen atoms in total. The van der Waals surface area contributed by atoms with Crippen LogP contribution in [0.1, 0.15) is 23.5 Å². The normalized spacial score (nSPS) is 12.5. The van der Waals surface area contributed by atoms with Crippen molar-refractivity contribution in [3.05, 3.63) is 65.9 Å². The Morgan fingerprint density at radius 2 is 1.91 bits per heavy atom. The van der Waals surface area contributed by atoms with E-state index in [1.165, 1.54) is 16.5 Å². The molecule has 0 amide bonds. The summed E-state index contributed by atoms with van der Waals surface area (Å²) in [4.78, 5) is 3.30. The van der Waals surface area contributed by atoms with Gasteiger partial charge in [0.15, 0.2) is 0 Å². The number of rotatable bonds is 6. The summed E-state index contributed by atoms with van der Waals surface area (Å²) in [5.41, 5.74) is 3.74. The average molecular weight is 294 g/mol. The topological polar surface area (TPSA) is 37.0 Å². The maximum Gasteiger partial charge on any atom is 0.123 e. The smallest absolute Gasteiger partial charge is 0.123 e. The minimum Gasteiger partial charge on any atom is -0.496 e. The van der Waals surface area contributed by atoms with Crippen molar-refractivity contribution >= 4 is 10.9 Å². The molecule has 0 bridgehead atoms. The van der Waals surface area contributed by atoms with Crippen LogP contribution in [0.4, 0.5) is 0 Å². The molecule has 0 aliphatic carbocycles. The number of ether oxygens (including phenoxy) is 1. The maximum absolute atomic E-state index is 5.67. The molecular weight excluding hydrogens is 272 g/mol. The van der Waals surface area contributed by atoms with Crippen LogP contribution in [0.2, 0.25) is 0 Å². The number of benzene rings is 2. The Hall–Kier alpha value is -2.26. The molecular formula is C19H22N2O. The first-order chi connectivity index (χ1) is 10.8. The van der Waals surface area contributed by atoms with Gasteiger partial charge in [0.2, 0.25) is 0 Å². The molecule has 1 atom stereocenters. The van der Waals surface area contributed by atoms with Crippen molar-refractivity contribution in [2.75, 3.05) is 20.7 Å². The van der Waals surface area contributed by atoms with Crippen LogP contribution < -0.4 is 10.1 Å². The van der Waals surface area contributed by atoms with E-state index in [-0.39, 0.29) is 0 Å². The molecule has 3 aromatic rings. The fraction of sp³-hybridized carbons (Fsp3) is 0.263. The van der Waals surface area contributed by atoms with Gasteiger partial charge in [-0.1, -0.05) is 30.3 Å². The lowest BCUT2D eigenvalue weighted by Gasteiger charge is -2.21. The van der Waals surface area contributed by atoms with Crippen molar-refractivity contribution < 1.29 is 4.74 Å². The van der Waals surface area contributed by atoms with Gasteiger partial charge in [0, 0.05) is 28.6 Å². The first-order valence-electron chi connectivity index (χ1n) is 7.68. The second kappa shape index (κ2) is 6.67. The van der Waals surface area contributed by atoms with Gasteiger partial charge in [-0.2, -0.15) is 0 Å². The van der Waals surface area contributed by atoms with Crippen LogP contribution >= 0.6 is 0 Å². The number of hydrogen-bond acceptors (Lipinski definition) is 2. The zero-order valence-electron chi connectivity index (χ0n) is 13.1. The molecule has 3 heteroatoms. The molecule has 0 saturated carbocycles. The average Bonchev–Trinajstić information content (AvgIpc) is 3.05. The third-order valence-electron chi connectivity index (χ3n) is 4.19. The lowest BCUT2D eigenvalue weighted by molar-refractivity contribution is 0.407. The number of H-pyrrole nitrogens is 1. The molecule has 3 rings (SSSR count). The summed E-state index contributed by atoms with van der Waals surface area (Å²) >= 11 is 0. The number of hydrogen-bond donors (Lipinski definition) is 2. The Kier molecular flexibility index (Phi) is 4.45. The van der Waals surface area contributed by atoms with Gasteiger partial charge in [-0.25, -0.2) is 0 Å². The van der Waals surface area contributed by atoms with E-state index in [0.29, 0.717) is 5.92 Å². The summed E-state index contributed by atoms with van der Waals surface area (Å²) in [5, 5.41) is 4.51. The van der Waals surface area contributed by atoms with Gasteiger partial charge in [-0.05, 0) is 43.8 Å². The van der Waals surface area contributed by atoms with E-state index in [1.807, 2.05) is 13.2 Å². The predicted octanol–water partition coefficient (Wildman–Crippen LogP) is 3.92. The highest BCUT2D eigenvalue weighted by Gasteiger charge is 2.21. The van der Waals surface area contributed by atoms with E-state index in [2.05, 4.69) is 58.8 Å². The number of aromatic nitrogens is 1. The Balaban J connectivity index is 2.16. The molecule has 0 fully saturated rings. The van der Waals surface area contributed by atoms with Crippen LogP contribution in [-0.2, 0) is 0 Å². The van der Waals surface area contributed by atoms with E-state index < -0.39 is 0 Å². The summed E-state index contributed by atoms with van der Waals surface area (Å²) < 4.78 is 5.67. The van der Waals surface area contributed by atoms with Crippen LogP contribution in [0.5, 0.6) is 5.75 Å². The van der Waals surface area contributed by atoms with Gasteiger partial charge in [-0.15, -0.1) is 0 Å². The molecule has 1 heterocycles. The van der Waals surface area contributed by atoms with Crippen LogP contribution in [0.25, 0.3) is 10.9 Å². The SMILES string of the molecule is CNCCC(c1ccccc1)c1c(OC)ccc2[nH]ccc12. The van der Waals surface area contributed by atoms with Crippen LogP contribution in [0.15, 0.2) is 54.7 Å². The Labute approximate surface area is 131 Å². The number of fused-ring (bicyclic) bond motifs is 1. The predicted molar refractivity (Wildman–Crippen MR) is 91.7 cm³/mol. The third kappa shape index (κ3) is 2.72. The first-order valence-corrected chi connectivity index (χ1v) is 7.68. The van der Waals surface area contributed by atoms with E-state index in [1.54, 1.807) is 7.11 Å². The van der Waals surface area contributed by atoms with E-state index in [4.69, 9.17) is 4.74 Å². The molecule has 2 N–H and O–H groups in total. The minimum absolute atomic E-state index is 0.308. The van der Waals surface area contributed by atoms with Gasteiger partial charge in [0.25, 0.3) is 0 Å². The van der Waals surface area contributed by atoms with Crippen molar-refractivity contribution in [1.82, 2.24) is 10.3 Å². The minimum atomic E-state index is 0.308. The number of methoxy groups -OCH3 is 1. The first kappa shape index (κ1) is 14.7. The summed E-state index contributed by atoms with van der Waals surface area (Å²) in [6.07, 6.45) is 3.02. The van der Waals surface area contributed by atoms with E-state index in [0.717, 1.165) is 24.2 Å². The lowest BCUT2D eigenvalue weighted by Crippen LogP contribution is -2.14. The van der Waals surface area contributed by atoms with Crippen LogP contribution in [0, 0.1) is 0 Å². The monoisotopic (exact) mass is 294 g/mol. The highest BCUT2D eigenvalue weighted by Crippen LogP contribution is 2.39. The van der Waals surface area contributed by atoms with E-state index >= 15 is 0 Å². The van der Waals surface area contributed by atoms with Crippen molar-refractivity contribution in [3.63, 3.8) is 0 Å². The van der Waals surface area contributed by atoms with Crippen molar-refractivity contribution in [2.24, 2.45) is 0 Å². The largest absolute Gasteiger partial charge is 0.496 e. The summed E-state index contributed by atoms with van der Waals surface area (Å²) in [6, 6.07) is 16.9. The summed E-state index contributed by atoms with van der Waals surface area (Å²) in [6.45, 7) is 0.962. The van der Waals surface area contributed by atoms with Crippen molar-refractivity contribution in [3.8, 4) is 5.75 Å². The zero-order chi connectivity index (χ0) is 15.4. The lowest BCUT2D eigenvalue weighted by atomic mass is 9.86. The molecule has 2 aromatic carbocycles. The van der Waals surface area contributed by atoms with Crippen molar-refractivity contribution in [1.29, 1.82) is 0 Å². The van der Waals surface area contributed by atoms with Gasteiger partial charge in [-0.3, -0.25) is 0 Å². The summed E-state index contributed by atoms with van der Waals surface area (Å²) in [7, 11) is 3.74. The quantitative estimate of drug-likeness (QED) is 0.723. The number of aromatic amines is 1. The maximum atomic E-state index is 5.67. The molecule has 0 aliphatic rings.